The van der Waals surface area contributed by atoms with Crippen LogP contribution in [-0.2, 0) is 6.54 Å². The van der Waals surface area contributed by atoms with Crippen molar-refractivity contribution in [3.05, 3.63) is 36.5 Å². The highest BCUT2D eigenvalue weighted by atomic mass is 16.5. The normalized spacial score (nSPS) is 10.9. The van der Waals surface area contributed by atoms with Crippen LogP contribution in [-0.4, -0.2) is 24.6 Å². The van der Waals surface area contributed by atoms with E-state index in [0.29, 0.717) is 24.9 Å². The molecular formula is C11H16N4O. The van der Waals surface area contributed by atoms with Crippen LogP contribution in [0.1, 0.15) is 5.56 Å². The molecule has 0 fully saturated rings. The summed E-state index contributed by atoms with van der Waals surface area (Å²) in [6.45, 7) is 4.61. The van der Waals surface area contributed by atoms with Gasteiger partial charge in [-0.05, 0) is 6.07 Å². The van der Waals surface area contributed by atoms with E-state index < -0.39 is 0 Å². The van der Waals surface area contributed by atoms with Crippen LogP contribution in [0, 0.1) is 0 Å². The van der Waals surface area contributed by atoms with E-state index in [1.54, 1.807) is 19.4 Å². The molecule has 0 aliphatic heterocycles. The summed E-state index contributed by atoms with van der Waals surface area (Å²) < 4.78 is 5.10. The maximum absolute atomic E-state index is 5.63. The number of rotatable bonds is 5. The fraction of sp³-hybridized carbons (Fsp3) is 0.273. The van der Waals surface area contributed by atoms with Crippen LogP contribution in [0.5, 0.6) is 5.88 Å². The summed E-state index contributed by atoms with van der Waals surface area (Å²) in [5.41, 5.74) is 6.53. The van der Waals surface area contributed by atoms with E-state index in [0.717, 1.165) is 5.56 Å². The highest BCUT2D eigenvalue weighted by Gasteiger charge is 2.01. The fourth-order valence-electron chi connectivity index (χ4n) is 1.13. The molecule has 0 aromatic carbocycles. The highest BCUT2D eigenvalue weighted by Crippen LogP contribution is 2.13. The smallest absolute Gasteiger partial charge is 0.218 e. The van der Waals surface area contributed by atoms with Crippen molar-refractivity contribution in [2.45, 2.75) is 6.54 Å². The standard InChI is InChI=1S/C11H16N4O/c1-3-6-14-11(12)15-8-9-5-4-7-13-10(9)16-2/h3-5,7H,1,6,8H2,2H3,(H3,12,14,15). The highest BCUT2D eigenvalue weighted by molar-refractivity contribution is 5.77. The molecule has 5 nitrogen and oxygen atoms in total. The molecule has 0 aliphatic carbocycles. The van der Waals surface area contributed by atoms with Crippen LogP contribution in [0.15, 0.2) is 36.0 Å². The first kappa shape index (κ1) is 12.0. The molecule has 16 heavy (non-hydrogen) atoms. The molecule has 0 saturated heterocycles. The van der Waals surface area contributed by atoms with Gasteiger partial charge in [-0.2, -0.15) is 0 Å². The van der Waals surface area contributed by atoms with Crippen LogP contribution in [0.3, 0.4) is 0 Å². The third-order valence-corrected chi connectivity index (χ3v) is 1.89. The second-order valence-electron chi connectivity index (χ2n) is 3.04. The third kappa shape index (κ3) is 3.61. The van der Waals surface area contributed by atoms with Gasteiger partial charge in [0, 0.05) is 18.3 Å². The number of aromatic nitrogens is 1. The number of hydrogen-bond acceptors (Lipinski definition) is 3. The first-order valence-electron chi connectivity index (χ1n) is 4.90. The summed E-state index contributed by atoms with van der Waals surface area (Å²) in [6.07, 6.45) is 3.39. The lowest BCUT2D eigenvalue weighted by Gasteiger charge is -2.05. The van der Waals surface area contributed by atoms with Gasteiger partial charge in [0.2, 0.25) is 5.88 Å². The molecule has 0 bridgehead atoms. The maximum atomic E-state index is 5.63. The molecule has 1 heterocycles. The monoisotopic (exact) mass is 220 g/mol. The Kier molecular flexibility index (Phi) is 4.85. The van der Waals surface area contributed by atoms with Crippen molar-refractivity contribution < 1.29 is 4.74 Å². The molecule has 1 aromatic heterocycles. The molecule has 5 heteroatoms. The predicted octanol–water partition coefficient (Wildman–Crippen LogP) is 0.680. The molecule has 0 radical (unpaired) electrons. The van der Waals surface area contributed by atoms with E-state index in [-0.39, 0.29) is 0 Å². The molecule has 0 spiro atoms. The first-order chi connectivity index (χ1) is 7.77. The summed E-state index contributed by atoms with van der Waals surface area (Å²) in [7, 11) is 1.58. The van der Waals surface area contributed by atoms with Crippen molar-refractivity contribution in [2.24, 2.45) is 10.7 Å². The summed E-state index contributed by atoms with van der Waals surface area (Å²) in [6, 6.07) is 3.73. The van der Waals surface area contributed by atoms with E-state index >= 15 is 0 Å². The number of guanidine groups is 1. The maximum Gasteiger partial charge on any atom is 0.218 e. The number of ether oxygens (including phenoxy) is 1. The van der Waals surface area contributed by atoms with Gasteiger partial charge in [0.15, 0.2) is 5.96 Å². The summed E-state index contributed by atoms with van der Waals surface area (Å²) in [5.74, 6) is 0.952. The number of methoxy groups -OCH3 is 1. The molecular weight excluding hydrogens is 204 g/mol. The van der Waals surface area contributed by atoms with Gasteiger partial charge in [0.1, 0.15) is 0 Å². The lowest BCUT2D eigenvalue weighted by atomic mass is 10.3. The van der Waals surface area contributed by atoms with Crippen molar-refractivity contribution >= 4 is 5.96 Å². The summed E-state index contributed by atoms with van der Waals surface area (Å²) in [4.78, 5) is 8.22. The molecule has 0 aliphatic rings. The van der Waals surface area contributed by atoms with Gasteiger partial charge in [-0.25, -0.2) is 9.98 Å². The molecule has 1 aromatic rings. The Morgan fingerprint density at radius 3 is 3.25 bits per heavy atom. The van der Waals surface area contributed by atoms with E-state index in [1.807, 2.05) is 12.1 Å². The van der Waals surface area contributed by atoms with Crippen LogP contribution >= 0.6 is 0 Å². The summed E-state index contributed by atoms with van der Waals surface area (Å²) in [5, 5.41) is 2.89. The molecule has 0 unspecified atom stereocenters. The van der Waals surface area contributed by atoms with Gasteiger partial charge in [0.05, 0.1) is 13.7 Å². The lowest BCUT2D eigenvalue weighted by molar-refractivity contribution is 0.392. The van der Waals surface area contributed by atoms with Gasteiger partial charge in [-0.1, -0.05) is 12.1 Å². The fourth-order valence-corrected chi connectivity index (χ4v) is 1.13. The Morgan fingerprint density at radius 2 is 2.56 bits per heavy atom. The van der Waals surface area contributed by atoms with Crippen LogP contribution in [0.25, 0.3) is 0 Å². The van der Waals surface area contributed by atoms with Crippen LogP contribution < -0.4 is 15.8 Å². The minimum atomic E-state index is 0.380. The Labute approximate surface area is 95.0 Å². The Hall–Kier alpha value is -2.04. The van der Waals surface area contributed by atoms with Crippen molar-refractivity contribution in [1.29, 1.82) is 0 Å². The van der Waals surface area contributed by atoms with Gasteiger partial charge in [-0.15, -0.1) is 6.58 Å². The second kappa shape index (κ2) is 6.44. The summed E-state index contributed by atoms with van der Waals surface area (Å²) >= 11 is 0. The number of nitrogens with one attached hydrogen (secondary N) is 1. The first-order valence-corrected chi connectivity index (χ1v) is 4.90. The van der Waals surface area contributed by atoms with Crippen molar-refractivity contribution in [3.8, 4) is 5.88 Å². The average Bonchev–Trinajstić information content (AvgIpc) is 2.34. The van der Waals surface area contributed by atoms with Crippen LogP contribution in [0.2, 0.25) is 0 Å². The Bertz CT molecular complexity index is 376. The van der Waals surface area contributed by atoms with E-state index in [1.165, 1.54) is 0 Å². The van der Waals surface area contributed by atoms with Gasteiger partial charge in [-0.3, -0.25) is 0 Å². The number of hydrogen-bond donors (Lipinski definition) is 2. The zero-order valence-electron chi connectivity index (χ0n) is 9.31. The van der Waals surface area contributed by atoms with E-state index in [9.17, 15) is 0 Å². The lowest BCUT2D eigenvalue weighted by Crippen LogP contribution is -2.31. The van der Waals surface area contributed by atoms with Crippen molar-refractivity contribution in [3.63, 3.8) is 0 Å². The van der Waals surface area contributed by atoms with Gasteiger partial charge < -0.3 is 15.8 Å². The average molecular weight is 220 g/mol. The molecule has 1 rings (SSSR count). The Balaban J connectivity index is 2.62. The molecule has 0 atom stereocenters. The quantitative estimate of drug-likeness (QED) is 0.435. The SMILES string of the molecule is C=CCNC(N)=NCc1cccnc1OC. The van der Waals surface area contributed by atoms with Gasteiger partial charge >= 0.3 is 0 Å². The van der Waals surface area contributed by atoms with Crippen molar-refractivity contribution in [1.82, 2.24) is 10.3 Å². The third-order valence-electron chi connectivity index (χ3n) is 1.89. The molecule has 0 amide bonds. The van der Waals surface area contributed by atoms with E-state index in [2.05, 4.69) is 21.9 Å². The zero-order chi connectivity index (χ0) is 11.8. The van der Waals surface area contributed by atoms with Crippen LogP contribution in [0.4, 0.5) is 0 Å². The topological polar surface area (TPSA) is 72.5 Å². The molecule has 0 saturated carbocycles. The predicted molar refractivity (Wildman–Crippen MR) is 64.3 cm³/mol. The number of nitrogens with two attached hydrogens (primary N) is 1. The zero-order valence-corrected chi connectivity index (χ0v) is 9.31. The van der Waals surface area contributed by atoms with Gasteiger partial charge in [0.25, 0.3) is 0 Å². The number of aliphatic imine (C=N–C) groups is 1. The van der Waals surface area contributed by atoms with E-state index in [4.69, 9.17) is 10.5 Å². The number of pyridine rings is 1. The second-order valence-corrected chi connectivity index (χ2v) is 3.04. The number of nitrogens with zero attached hydrogens (tertiary/aromatic N) is 2. The minimum absolute atomic E-state index is 0.380. The Morgan fingerprint density at radius 1 is 1.75 bits per heavy atom. The largest absolute Gasteiger partial charge is 0.481 e. The molecule has 86 valence electrons. The molecule has 3 N–H and O–H groups in total. The van der Waals surface area contributed by atoms with Crippen molar-refractivity contribution in [2.75, 3.05) is 13.7 Å². The minimum Gasteiger partial charge on any atom is -0.481 e.